The summed E-state index contributed by atoms with van der Waals surface area (Å²) in [7, 11) is 0. The molecular weight excluding hydrogens is 388 g/mol. The van der Waals surface area contributed by atoms with E-state index in [2.05, 4.69) is 34.6 Å². The Morgan fingerprint density at radius 2 is 1.87 bits per heavy atom. The Hall–Kier alpha value is -3.41. The van der Waals surface area contributed by atoms with Gasteiger partial charge in [0.15, 0.2) is 0 Å². The van der Waals surface area contributed by atoms with E-state index in [4.69, 9.17) is 0 Å². The molecule has 0 spiro atoms. The lowest BCUT2D eigenvalue weighted by Crippen LogP contribution is -2.32. The van der Waals surface area contributed by atoms with E-state index < -0.39 is 0 Å². The Bertz CT molecular complexity index is 1090. The average Bonchev–Trinajstić information content (AvgIpc) is 3.53. The summed E-state index contributed by atoms with van der Waals surface area (Å²) in [6.45, 7) is 1.69. The lowest BCUT2D eigenvalue weighted by atomic mass is 10.1. The molecule has 1 aliphatic heterocycles. The Morgan fingerprint density at radius 3 is 2.68 bits per heavy atom. The quantitative estimate of drug-likeness (QED) is 0.674. The van der Waals surface area contributed by atoms with Crippen LogP contribution in [0.15, 0.2) is 61.2 Å². The molecular formula is C25H26N4O2. The molecule has 158 valence electrons. The van der Waals surface area contributed by atoms with Gasteiger partial charge in [-0.05, 0) is 53.6 Å². The number of benzene rings is 2. The summed E-state index contributed by atoms with van der Waals surface area (Å²) in [6, 6.07) is 14.5. The van der Waals surface area contributed by atoms with Gasteiger partial charge in [-0.15, -0.1) is 0 Å². The molecule has 1 saturated heterocycles. The largest absolute Gasteiger partial charge is 0.352 e. The van der Waals surface area contributed by atoms with Crippen molar-refractivity contribution < 1.29 is 9.59 Å². The predicted octanol–water partition coefficient (Wildman–Crippen LogP) is 3.09. The highest BCUT2D eigenvalue weighted by Crippen LogP contribution is 2.30. The van der Waals surface area contributed by atoms with E-state index in [1.807, 2.05) is 29.0 Å². The molecule has 1 atom stereocenters. The number of nitrogens with zero attached hydrogens (tertiary/aromatic N) is 3. The molecule has 2 aromatic carbocycles. The molecule has 2 aliphatic rings. The topological polar surface area (TPSA) is 67.2 Å². The van der Waals surface area contributed by atoms with Crippen molar-refractivity contribution in [2.45, 2.75) is 38.8 Å². The van der Waals surface area contributed by atoms with Crippen LogP contribution >= 0.6 is 0 Å². The molecule has 31 heavy (non-hydrogen) atoms. The molecule has 0 unspecified atom stereocenters. The van der Waals surface area contributed by atoms with Crippen LogP contribution in [0.25, 0.3) is 0 Å². The van der Waals surface area contributed by atoms with E-state index in [-0.39, 0.29) is 24.2 Å². The number of rotatable bonds is 6. The molecule has 6 heteroatoms. The molecule has 5 rings (SSSR count). The third-order valence-corrected chi connectivity index (χ3v) is 6.30. The van der Waals surface area contributed by atoms with Crippen molar-refractivity contribution in [2.24, 2.45) is 5.92 Å². The Balaban J connectivity index is 1.16. The number of hydrogen-bond acceptors (Lipinski definition) is 3. The molecule has 0 radical (unpaired) electrons. The van der Waals surface area contributed by atoms with E-state index in [9.17, 15) is 9.59 Å². The van der Waals surface area contributed by atoms with Crippen LogP contribution in [0, 0.1) is 5.92 Å². The van der Waals surface area contributed by atoms with E-state index >= 15 is 0 Å². The maximum Gasteiger partial charge on any atom is 0.227 e. The fourth-order valence-electron chi connectivity index (χ4n) is 4.55. The van der Waals surface area contributed by atoms with Crippen LogP contribution < -0.4 is 10.2 Å². The third-order valence-electron chi connectivity index (χ3n) is 6.30. The van der Waals surface area contributed by atoms with Gasteiger partial charge in [0, 0.05) is 44.1 Å². The molecule has 6 nitrogen and oxygen atoms in total. The lowest BCUT2D eigenvalue weighted by molar-refractivity contribution is -0.126. The summed E-state index contributed by atoms with van der Waals surface area (Å²) in [5, 5.41) is 3.01. The highest BCUT2D eigenvalue weighted by atomic mass is 16.2. The smallest absolute Gasteiger partial charge is 0.227 e. The van der Waals surface area contributed by atoms with Crippen molar-refractivity contribution in [2.75, 3.05) is 11.4 Å². The zero-order valence-electron chi connectivity index (χ0n) is 17.5. The average molecular weight is 415 g/mol. The van der Waals surface area contributed by atoms with Crippen LogP contribution in [0.5, 0.6) is 0 Å². The minimum absolute atomic E-state index is 0.0296. The standard InChI is InChI=1S/C25H26N4O2/c30-24-13-22(16-29(24)23-9-8-20-2-1-3-21(20)12-23)25(31)27-14-18-4-6-19(7-5-18)15-28-11-10-26-17-28/h4-12,17,22H,1-3,13-16H2,(H,27,31)/t22-/m0/s1. The maximum absolute atomic E-state index is 12.7. The second kappa shape index (κ2) is 8.38. The van der Waals surface area contributed by atoms with E-state index in [0.717, 1.165) is 30.6 Å². The van der Waals surface area contributed by atoms with Gasteiger partial charge in [-0.25, -0.2) is 4.98 Å². The van der Waals surface area contributed by atoms with Crippen LogP contribution in [-0.2, 0) is 35.5 Å². The highest BCUT2D eigenvalue weighted by Gasteiger charge is 2.35. The zero-order chi connectivity index (χ0) is 21.2. The van der Waals surface area contributed by atoms with Gasteiger partial charge < -0.3 is 14.8 Å². The van der Waals surface area contributed by atoms with Gasteiger partial charge in [0.2, 0.25) is 11.8 Å². The van der Waals surface area contributed by atoms with Gasteiger partial charge in [0.25, 0.3) is 0 Å². The second-order valence-corrected chi connectivity index (χ2v) is 8.48. The van der Waals surface area contributed by atoms with E-state index in [0.29, 0.717) is 13.1 Å². The number of carbonyl (C=O) groups excluding carboxylic acids is 2. The summed E-state index contributed by atoms with van der Waals surface area (Å²) in [5.41, 5.74) is 5.88. The van der Waals surface area contributed by atoms with Gasteiger partial charge in [-0.1, -0.05) is 30.3 Å². The van der Waals surface area contributed by atoms with Gasteiger partial charge in [0.05, 0.1) is 12.2 Å². The first-order valence-electron chi connectivity index (χ1n) is 10.9. The maximum atomic E-state index is 12.7. The number of amides is 2. The minimum atomic E-state index is -0.304. The fraction of sp³-hybridized carbons (Fsp3) is 0.320. The normalized spacial score (nSPS) is 17.7. The lowest BCUT2D eigenvalue weighted by Gasteiger charge is -2.18. The van der Waals surface area contributed by atoms with Gasteiger partial charge in [-0.3, -0.25) is 9.59 Å². The number of imidazole rings is 1. The Kier molecular flexibility index (Phi) is 5.28. The highest BCUT2D eigenvalue weighted by molar-refractivity contribution is 6.00. The van der Waals surface area contributed by atoms with Crippen molar-refractivity contribution in [1.29, 1.82) is 0 Å². The minimum Gasteiger partial charge on any atom is -0.352 e. The van der Waals surface area contributed by atoms with Crippen LogP contribution in [0.1, 0.15) is 35.1 Å². The summed E-state index contributed by atoms with van der Waals surface area (Å²) in [5.74, 6) is -0.331. The van der Waals surface area contributed by atoms with Crippen molar-refractivity contribution in [1.82, 2.24) is 14.9 Å². The SMILES string of the molecule is O=C(NCc1ccc(Cn2ccnc2)cc1)[C@H]1CC(=O)N(c2ccc3c(c2)CCC3)C1. The Labute approximate surface area is 181 Å². The number of hydrogen-bond donors (Lipinski definition) is 1. The number of nitrogens with one attached hydrogen (secondary N) is 1. The van der Waals surface area contributed by atoms with Crippen molar-refractivity contribution in [3.8, 4) is 0 Å². The molecule has 0 bridgehead atoms. The summed E-state index contributed by atoms with van der Waals surface area (Å²) in [6.07, 6.45) is 9.15. The van der Waals surface area contributed by atoms with Gasteiger partial charge in [-0.2, -0.15) is 0 Å². The number of carbonyl (C=O) groups is 2. The van der Waals surface area contributed by atoms with Crippen molar-refractivity contribution >= 4 is 17.5 Å². The summed E-state index contributed by atoms with van der Waals surface area (Å²) < 4.78 is 2.01. The van der Waals surface area contributed by atoms with Crippen LogP contribution in [0.2, 0.25) is 0 Å². The first kappa shape index (κ1) is 19.5. The molecule has 3 aromatic rings. The fourth-order valence-corrected chi connectivity index (χ4v) is 4.55. The van der Waals surface area contributed by atoms with Crippen molar-refractivity contribution in [3.63, 3.8) is 0 Å². The molecule has 2 heterocycles. The second-order valence-electron chi connectivity index (χ2n) is 8.48. The number of anilines is 1. The molecule has 1 aliphatic carbocycles. The first-order chi connectivity index (χ1) is 15.2. The first-order valence-corrected chi connectivity index (χ1v) is 10.9. The molecule has 1 N–H and O–H groups in total. The number of fused-ring (bicyclic) bond motifs is 1. The van der Waals surface area contributed by atoms with Crippen LogP contribution in [-0.4, -0.2) is 27.9 Å². The molecule has 2 amide bonds. The monoisotopic (exact) mass is 414 g/mol. The summed E-state index contributed by atoms with van der Waals surface area (Å²) in [4.78, 5) is 31.1. The molecule has 1 aromatic heterocycles. The molecule has 1 fully saturated rings. The van der Waals surface area contributed by atoms with Crippen LogP contribution in [0.3, 0.4) is 0 Å². The van der Waals surface area contributed by atoms with E-state index in [1.165, 1.54) is 23.1 Å². The Morgan fingerprint density at radius 1 is 1.06 bits per heavy atom. The van der Waals surface area contributed by atoms with Crippen LogP contribution in [0.4, 0.5) is 5.69 Å². The predicted molar refractivity (Wildman–Crippen MR) is 119 cm³/mol. The van der Waals surface area contributed by atoms with Crippen molar-refractivity contribution in [3.05, 3.63) is 83.4 Å². The number of aromatic nitrogens is 2. The van der Waals surface area contributed by atoms with E-state index in [1.54, 1.807) is 17.4 Å². The molecule has 0 saturated carbocycles. The van der Waals surface area contributed by atoms with Gasteiger partial charge in [0.1, 0.15) is 0 Å². The summed E-state index contributed by atoms with van der Waals surface area (Å²) >= 11 is 0. The third kappa shape index (κ3) is 4.24. The van der Waals surface area contributed by atoms with Gasteiger partial charge >= 0.3 is 0 Å². The number of aryl methyl sites for hydroxylation is 2. The zero-order valence-corrected chi connectivity index (χ0v) is 17.5.